The fourth-order valence-corrected chi connectivity index (χ4v) is 17.1. The number of carbonyl (C=O) groups is 1. The average Bonchev–Trinajstić information content (AvgIpc) is 3.21. The summed E-state index contributed by atoms with van der Waals surface area (Å²) >= 11 is 0. The molecule has 0 saturated heterocycles. The molecule has 6 nitrogen and oxygen atoms in total. The van der Waals surface area contributed by atoms with E-state index < -0.39 is 46.5 Å². The fourth-order valence-electron chi connectivity index (χ4n) is 7.99. The van der Waals surface area contributed by atoms with Crippen LogP contribution >= 0.6 is 0 Å². The van der Waals surface area contributed by atoms with Crippen LogP contribution in [0.1, 0.15) is 61.3 Å². The van der Waals surface area contributed by atoms with Crippen LogP contribution in [0.25, 0.3) is 0 Å². The Morgan fingerprint density at radius 2 is 1.15 bits per heavy atom. The lowest BCUT2D eigenvalue weighted by atomic mass is 9.93. The van der Waals surface area contributed by atoms with Crippen molar-refractivity contribution in [1.29, 1.82) is 0 Å². The molecule has 0 spiro atoms. The highest BCUT2D eigenvalue weighted by Gasteiger charge is 2.52. The first-order chi connectivity index (χ1) is 28.1. The van der Waals surface area contributed by atoms with E-state index in [1.165, 1.54) is 22.5 Å². The van der Waals surface area contributed by atoms with Gasteiger partial charge in [0.05, 0.1) is 18.8 Å². The summed E-state index contributed by atoms with van der Waals surface area (Å²) in [5, 5.41) is 27.5. The summed E-state index contributed by atoms with van der Waals surface area (Å²) in [7, 11) is -5.71. The molecule has 4 atom stereocenters. The highest BCUT2D eigenvalue weighted by Crippen LogP contribution is 2.39. The molecule has 0 unspecified atom stereocenters. The van der Waals surface area contributed by atoms with Crippen LogP contribution in [0.5, 0.6) is 0 Å². The van der Waals surface area contributed by atoms with E-state index in [9.17, 15) is 15.0 Å². The van der Waals surface area contributed by atoms with Crippen molar-refractivity contribution in [3.05, 3.63) is 182 Å². The molecule has 0 aliphatic carbocycles. The highest BCUT2D eigenvalue weighted by atomic mass is 28.4. The number of rotatable bonds is 17. The molecule has 1 heterocycles. The molecule has 0 amide bonds. The third-order valence-corrected chi connectivity index (χ3v) is 21.1. The van der Waals surface area contributed by atoms with Gasteiger partial charge in [-0.15, -0.1) is 0 Å². The summed E-state index contributed by atoms with van der Waals surface area (Å²) < 4.78 is 19.8. The molecular weight excluding hydrogens is 765 g/mol. The summed E-state index contributed by atoms with van der Waals surface area (Å²) in [6.45, 7) is 15.5. The second kappa shape index (κ2) is 20.1. The van der Waals surface area contributed by atoms with Crippen molar-refractivity contribution in [3.63, 3.8) is 0 Å². The first kappa shape index (κ1) is 45.4. The Kier molecular flexibility index (Phi) is 15.4. The number of aliphatic hydroxyl groups excluding tert-OH is 1. The largest absolute Gasteiger partial charge is 0.455 e. The van der Waals surface area contributed by atoms with Crippen molar-refractivity contribution in [2.24, 2.45) is 0 Å². The molecule has 8 heteroatoms. The second-order valence-electron chi connectivity index (χ2n) is 17.4. The topological polar surface area (TPSA) is 85.2 Å². The SMILES string of the molecule is CC(C)(C)[Si](OC/C=C/C=C\C=C/[C@@H](C[C@@H](O)[C@](C)(O)/C=C/[C@H]1CC=CC(=O)O1)O[Si](c1ccccc1)(c1ccccc1)C(C)(C)C)(c1ccccc1)c1ccccc1. The number of hydrogen-bond donors (Lipinski definition) is 2. The van der Waals surface area contributed by atoms with Crippen molar-refractivity contribution in [3.8, 4) is 0 Å². The van der Waals surface area contributed by atoms with Crippen molar-refractivity contribution >= 4 is 43.4 Å². The van der Waals surface area contributed by atoms with E-state index in [4.69, 9.17) is 13.6 Å². The molecule has 2 N–H and O–H groups in total. The molecule has 4 aromatic carbocycles. The molecule has 1 aliphatic rings. The maximum atomic E-state index is 11.8. The summed E-state index contributed by atoms with van der Waals surface area (Å²) in [6.07, 6.45) is 16.5. The van der Waals surface area contributed by atoms with Crippen molar-refractivity contribution in [2.45, 2.75) is 95.3 Å². The van der Waals surface area contributed by atoms with E-state index in [1.54, 1.807) is 19.1 Å². The van der Waals surface area contributed by atoms with Crippen molar-refractivity contribution < 1.29 is 28.6 Å². The monoisotopic (exact) mass is 826 g/mol. The van der Waals surface area contributed by atoms with Crippen LogP contribution in [0.4, 0.5) is 0 Å². The van der Waals surface area contributed by atoms with Gasteiger partial charge in [-0.25, -0.2) is 4.79 Å². The maximum absolute atomic E-state index is 11.8. The first-order valence-electron chi connectivity index (χ1n) is 20.6. The second-order valence-corrected chi connectivity index (χ2v) is 26.0. The van der Waals surface area contributed by atoms with Crippen molar-refractivity contribution in [1.82, 2.24) is 0 Å². The molecule has 0 fully saturated rings. The Morgan fingerprint density at radius 1 is 0.695 bits per heavy atom. The fraction of sp³-hybridized carbons (Fsp3) is 0.314. The number of cyclic esters (lactones) is 1. The molecule has 59 heavy (non-hydrogen) atoms. The van der Waals surface area contributed by atoms with Crippen LogP contribution in [-0.2, 0) is 18.4 Å². The zero-order chi connectivity index (χ0) is 42.6. The van der Waals surface area contributed by atoms with E-state index in [0.717, 1.165) is 10.4 Å². The van der Waals surface area contributed by atoms with E-state index in [0.29, 0.717) is 13.0 Å². The van der Waals surface area contributed by atoms with Crippen LogP contribution in [0.3, 0.4) is 0 Å². The van der Waals surface area contributed by atoms with E-state index in [2.05, 4.69) is 126 Å². The first-order valence-corrected chi connectivity index (χ1v) is 24.4. The van der Waals surface area contributed by atoms with Gasteiger partial charge in [-0.3, -0.25) is 0 Å². The summed E-state index contributed by atoms with van der Waals surface area (Å²) in [5.41, 5.74) is -1.63. The summed E-state index contributed by atoms with van der Waals surface area (Å²) in [5.74, 6) is -0.426. The molecule has 1 aliphatic heterocycles. The number of allylic oxidation sites excluding steroid dienone is 4. The lowest BCUT2D eigenvalue weighted by Crippen LogP contribution is -2.67. The van der Waals surface area contributed by atoms with E-state index in [1.807, 2.05) is 72.9 Å². The molecule has 4 aromatic rings. The minimum atomic E-state index is -3.04. The summed E-state index contributed by atoms with van der Waals surface area (Å²) in [6, 6.07) is 42.0. The third kappa shape index (κ3) is 11.1. The Morgan fingerprint density at radius 3 is 1.61 bits per heavy atom. The molecule has 0 radical (unpaired) electrons. The van der Waals surface area contributed by atoms with Gasteiger partial charge in [0, 0.05) is 18.9 Å². The predicted octanol–water partition coefficient (Wildman–Crippen LogP) is 8.11. The number of aliphatic hydroxyl groups is 2. The number of carbonyl (C=O) groups excluding carboxylic acids is 1. The van der Waals surface area contributed by atoms with Crippen LogP contribution < -0.4 is 20.7 Å². The third-order valence-electron chi connectivity index (χ3n) is 11.0. The molecule has 0 bridgehead atoms. The van der Waals surface area contributed by atoms with Gasteiger partial charge in [0.25, 0.3) is 16.6 Å². The minimum absolute atomic E-state index is 0.110. The summed E-state index contributed by atoms with van der Waals surface area (Å²) in [4.78, 5) is 11.8. The van der Waals surface area contributed by atoms with Crippen molar-refractivity contribution in [2.75, 3.05) is 6.61 Å². The lowest BCUT2D eigenvalue weighted by molar-refractivity contribution is -0.141. The van der Waals surface area contributed by atoms with Crippen LogP contribution in [0.15, 0.2) is 182 Å². The van der Waals surface area contributed by atoms with Gasteiger partial charge in [0.2, 0.25) is 0 Å². The smallest absolute Gasteiger partial charge is 0.331 e. The van der Waals surface area contributed by atoms with E-state index >= 15 is 0 Å². The molecular formula is C51H62O6Si2. The quantitative estimate of drug-likeness (QED) is 0.0485. The van der Waals surface area contributed by atoms with Gasteiger partial charge in [0.15, 0.2) is 0 Å². The van der Waals surface area contributed by atoms with Gasteiger partial charge >= 0.3 is 5.97 Å². The highest BCUT2D eigenvalue weighted by molar-refractivity contribution is 7.00. The Labute approximate surface area is 354 Å². The number of esters is 1. The molecule has 310 valence electrons. The predicted molar refractivity (Wildman–Crippen MR) is 248 cm³/mol. The standard InChI is InChI=1S/C51H62O6Si2/c1-49(2,3)58(43-28-16-11-17-29-43,44-30-18-12-19-31-44)55-39-24-10-8-9-15-26-42(40-47(52)51(7,54)38-37-41-27-25-36-48(53)56-41)57-59(50(4,5)6,45-32-20-13-21-33-45)46-34-22-14-23-35-46/h8-26,28-38,41-42,47,52,54H,27,39-40H2,1-7H3/b9-8-,24-10+,26-15-,38-37+/t41-,42+,47-,51-/m1/s1. The Balaban J connectivity index is 1.42. The van der Waals surface area contributed by atoms with Gasteiger partial charge < -0.3 is 23.8 Å². The van der Waals surface area contributed by atoms with Crippen LogP contribution in [0, 0.1) is 0 Å². The average molecular weight is 827 g/mol. The molecule has 0 saturated carbocycles. The van der Waals surface area contributed by atoms with Gasteiger partial charge in [-0.1, -0.05) is 211 Å². The van der Waals surface area contributed by atoms with Crippen LogP contribution in [0.2, 0.25) is 10.1 Å². The maximum Gasteiger partial charge on any atom is 0.331 e. The zero-order valence-electron chi connectivity index (χ0n) is 35.7. The number of benzene rings is 4. The van der Waals surface area contributed by atoms with Gasteiger partial charge in [0.1, 0.15) is 11.7 Å². The van der Waals surface area contributed by atoms with Gasteiger partial charge in [-0.05, 0) is 43.8 Å². The molecule has 5 rings (SSSR count). The van der Waals surface area contributed by atoms with E-state index in [-0.39, 0.29) is 16.5 Å². The number of ether oxygens (including phenoxy) is 1. The normalized spacial score (nSPS) is 17.8. The number of hydrogen-bond acceptors (Lipinski definition) is 6. The zero-order valence-corrected chi connectivity index (χ0v) is 37.7. The Bertz CT molecular complexity index is 1980. The Hall–Kier alpha value is -4.68. The van der Waals surface area contributed by atoms with Crippen LogP contribution in [-0.4, -0.2) is 63.3 Å². The minimum Gasteiger partial charge on any atom is -0.455 e. The van der Waals surface area contributed by atoms with Gasteiger partial charge in [-0.2, -0.15) is 0 Å². The molecule has 0 aromatic heterocycles. The lowest BCUT2D eigenvalue weighted by Gasteiger charge is -2.45.